The average molecular weight is 450 g/mol. The maximum atomic E-state index is 12.9. The summed E-state index contributed by atoms with van der Waals surface area (Å²) in [6.07, 6.45) is -4.57. The van der Waals surface area contributed by atoms with Gasteiger partial charge in [-0.05, 0) is 43.7 Å². The molecule has 2 heterocycles. The van der Waals surface area contributed by atoms with Gasteiger partial charge in [0, 0.05) is 11.3 Å². The van der Waals surface area contributed by atoms with Crippen LogP contribution >= 0.6 is 11.8 Å². The van der Waals surface area contributed by atoms with E-state index in [0.717, 1.165) is 23.4 Å². The Labute approximate surface area is 179 Å². The summed E-state index contributed by atoms with van der Waals surface area (Å²) >= 11 is 0.943. The summed E-state index contributed by atoms with van der Waals surface area (Å²) in [4.78, 5) is 31.8. The maximum absolute atomic E-state index is 12.9. The van der Waals surface area contributed by atoms with Gasteiger partial charge in [-0.3, -0.25) is 20.4 Å². The van der Waals surface area contributed by atoms with E-state index in [0.29, 0.717) is 11.3 Å². The van der Waals surface area contributed by atoms with Gasteiger partial charge in [0.25, 0.3) is 5.91 Å². The van der Waals surface area contributed by atoms with E-state index in [1.54, 1.807) is 31.2 Å². The number of aryl methyl sites for hydroxylation is 2. The van der Waals surface area contributed by atoms with Crippen LogP contribution in [0.2, 0.25) is 0 Å². The van der Waals surface area contributed by atoms with Crippen molar-refractivity contribution in [2.24, 2.45) is 0 Å². The number of hydrazine groups is 1. The maximum Gasteiger partial charge on any atom is 0.433 e. The Hall–Kier alpha value is -3.34. The number of nitrogens with one attached hydrogen (secondary N) is 2. The smallest absolute Gasteiger partial charge is 0.433 e. The van der Waals surface area contributed by atoms with E-state index in [9.17, 15) is 22.8 Å². The van der Waals surface area contributed by atoms with Crippen molar-refractivity contribution in [3.8, 4) is 0 Å². The Kier molecular flexibility index (Phi) is 6.64. The topological polar surface area (TPSA) is 97.1 Å². The van der Waals surface area contributed by atoms with Crippen molar-refractivity contribution < 1.29 is 27.2 Å². The molecule has 0 bridgehead atoms. The number of carbonyl (C=O) groups excluding carboxylic acids is 2. The van der Waals surface area contributed by atoms with Crippen molar-refractivity contribution in [3.05, 3.63) is 76.5 Å². The predicted molar refractivity (Wildman–Crippen MR) is 106 cm³/mol. The van der Waals surface area contributed by atoms with E-state index in [4.69, 9.17) is 4.42 Å². The van der Waals surface area contributed by atoms with Crippen LogP contribution in [0.15, 0.2) is 52.0 Å². The molecule has 0 atom stereocenters. The molecule has 1 aromatic carbocycles. The highest BCUT2D eigenvalue weighted by Crippen LogP contribution is 2.30. The molecule has 31 heavy (non-hydrogen) atoms. The lowest BCUT2D eigenvalue weighted by Crippen LogP contribution is -2.41. The van der Waals surface area contributed by atoms with Crippen LogP contribution in [0.5, 0.6) is 0 Å². The molecule has 2 aromatic heterocycles. The van der Waals surface area contributed by atoms with E-state index in [-0.39, 0.29) is 22.4 Å². The first kappa shape index (κ1) is 22.3. The van der Waals surface area contributed by atoms with Crippen molar-refractivity contribution in [2.45, 2.75) is 30.9 Å². The van der Waals surface area contributed by atoms with Crippen molar-refractivity contribution in [1.82, 2.24) is 20.8 Å². The number of hydrogen-bond acceptors (Lipinski definition) is 6. The molecule has 0 aliphatic carbocycles. The SMILES string of the molecule is Cc1cc(C(F)(F)F)nc(SCc2ccc(C(=O)NNC(=O)c3ccccc3C)o2)n1. The van der Waals surface area contributed by atoms with E-state index in [1.165, 1.54) is 19.1 Å². The zero-order valence-electron chi connectivity index (χ0n) is 16.4. The average Bonchev–Trinajstić information content (AvgIpc) is 3.19. The number of furan rings is 1. The Balaban J connectivity index is 1.58. The monoisotopic (exact) mass is 450 g/mol. The number of thioether (sulfide) groups is 1. The summed E-state index contributed by atoms with van der Waals surface area (Å²) in [5.74, 6) is -0.778. The van der Waals surface area contributed by atoms with Gasteiger partial charge >= 0.3 is 12.1 Å². The fraction of sp³-hybridized carbons (Fsp3) is 0.200. The minimum Gasteiger partial charge on any atom is -0.455 e. The summed E-state index contributed by atoms with van der Waals surface area (Å²) in [6.45, 7) is 3.21. The molecule has 0 fully saturated rings. The highest BCUT2D eigenvalue weighted by atomic mass is 32.2. The van der Waals surface area contributed by atoms with Crippen LogP contribution in [0.4, 0.5) is 13.2 Å². The number of hydrogen-bond donors (Lipinski definition) is 2. The van der Waals surface area contributed by atoms with Gasteiger partial charge in [-0.15, -0.1) is 0 Å². The fourth-order valence-electron chi connectivity index (χ4n) is 2.53. The molecule has 0 unspecified atom stereocenters. The second kappa shape index (κ2) is 9.21. The molecule has 162 valence electrons. The summed E-state index contributed by atoms with van der Waals surface area (Å²) in [5, 5.41) is -0.0554. The second-order valence-corrected chi connectivity index (χ2v) is 7.40. The first-order chi connectivity index (χ1) is 14.6. The zero-order chi connectivity index (χ0) is 22.6. The second-order valence-electron chi connectivity index (χ2n) is 6.45. The van der Waals surface area contributed by atoms with Gasteiger partial charge in [0.15, 0.2) is 10.9 Å². The molecule has 0 spiro atoms. The first-order valence-electron chi connectivity index (χ1n) is 8.94. The van der Waals surface area contributed by atoms with Crippen molar-refractivity contribution in [1.29, 1.82) is 0 Å². The standard InChI is InChI=1S/C20H17F3N4O3S/c1-11-5-3-4-6-14(11)17(28)26-27-18(29)15-8-7-13(30-15)10-31-19-24-12(2)9-16(25-19)20(21,22)23/h3-9H,10H2,1-2H3,(H,26,28)(H,27,29). The summed E-state index contributed by atoms with van der Waals surface area (Å²) in [6, 6.07) is 10.6. The minimum absolute atomic E-state index is 0.0554. The van der Waals surface area contributed by atoms with Crippen molar-refractivity contribution in [2.75, 3.05) is 0 Å². The number of benzene rings is 1. The molecule has 3 rings (SSSR count). The van der Waals surface area contributed by atoms with Crippen LogP contribution in [0, 0.1) is 13.8 Å². The molecular weight excluding hydrogens is 433 g/mol. The molecule has 3 aromatic rings. The van der Waals surface area contributed by atoms with Gasteiger partial charge in [-0.1, -0.05) is 30.0 Å². The lowest BCUT2D eigenvalue weighted by Gasteiger charge is -2.08. The molecule has 7 nitrogen and oxygen atoms in total. The number of rotatable bonds is 5. The summed E-state index contributed by atoms with van der Waals surface area (Å²) in [7, 11) is 0. The number of aromatic nitrogens is 2. The quantitative estimate of drug-likeness (QED) is 0.346. The third kappa shape index (κ3) is 5.85. The fourth-order valence-corrected chi connectivity index (χ4v) is 3.33. The van der Waals surface area contributed by atoms with Gasteiger partial charge in [0.2, 0.25) is 0 Å². The molecule has 0 saturated carbocycles. The number of carbonyl (C=O) groups is 2. The molecule has 2 N–H and O–H groups in total. The van der Waals surface area contributed by atoms with E-state index in [2.05, 4.69) is 20.8 Å². The largest absolute Gasteiger partial charge is 0.455 e. The molecule has 2 amide bonds. The molecule has 0 aliphatic heterocycles. The van der Waals surface area contributed by atoms with Crippen LogP contribution in [-0.2, 0) is 11.9 Å². The van der Waals surface area contributed by atoms with Crippen LogP contribution in [0.3, 0.4) is 0 Å². The highest BCUT2D eigenvalue weighted by molar-refractivity contribution is 7.98. The van der Waals surface area contributed by atoms with Crippen LogP contribution in [-0.4, -0.2) is 21.8 Å². The van der Waals surface area contributed by atoms with Gasteiger partial charge in [0.05, 0.1) is 5.75 Å². The highest BCUT2D eigenvalue weighted by Gasteiger charge is 2.33. The van der Waals surface area contributed by atoms with Gasteiger partial charge in [-0.2, -0.15) is 13.2 Å². The number of nitrogens with zero attached hydrogens (tertiary/aromatic N) is 2. The van der Waals surface area contributed by atoms with E-state index in [1.807, 2.05) is 0 Å². The first-order valence-corrected chi connectivity index (χ1v) is 9.93. The Morgan fingerprint density at radius 1 is 1.03 bits per heavy atom. The summed E-state index contributed by atoms with van der Waals surface area (Å²) < 4.78 is 44.0. The number of alkyl halides is 3. The molecule has 0 radical (unpaired) electrons. The summed E-state index contributed by atoms with van der Waals surface area (Å²) in [5.41, 5.74) is 4.88. The third-order valence-corrected chi connectivity index (χ3v) is 4.90. The van der Waals surface area contributed by atoms with E-state index >= 15 is 0 Å². The predicted octanol–water partition coefficient (Wildman–Crippen LogP) is 4.07. The Morgan fingerprint density at radius 3 is 2.45 bits per heavy atom. The van der Waals surface area contributed by atoms with Crippen LogP contribution < -0.4 is 10.9 Å². The zero-order valence-corrected chi connectivity index (χ0v) is 17.2. The molecule has 0 aliphatic rings. The Morgan fingerprint density at radius 2 is 1.74 bits per heavy atom. The Bertz CT molecular complexity index is 1120. The van der Waals surface area contributed by atoms with Gasteiger partial charge in [-0.25, -0.2) is 9.97 Å². The molecular formula is C20H17F3N4O3S. The molecule has 11 heteroatoms. The van der Waals surface area contributed by atoms with Crippen LogP contribution in [0.25, 0.3) is 0 Å². The normalized spacial score (nSPS) is 11.3. The van der Waals surface area contributed by atoms with Gasteiger partial charge < -0.3 is 4.42 Å². The number of amides is 2. The van der Waals surface area contributed by atoms with Crippen molar-refractivity contribution >= 4 is 23.6 Å². The van der Waals surface area contributed by atoms with Gasteiger partial charge in [0.1, 0.15) is 11.5 Å². The number of halogens is 3. The lowest BCUT2D eigenvalue weighted by molar-refractivity contribution is -0.141. The van der Waals surface area contributed by atoms with Crippen molar-refractivity contribution in [3.63, 3.8) is 0 Å². The van der Waals surface area contributed by atoms with E-state index < -0.39 is 23.7 Å². The minimum atomic E-state index is -4.57. The third-order valence-electron chi connectivity index (χ3n) is 4.03. The molecule has 0 saturated heterocycles. The van der Waals surface area contributed by atoms with Crippen LogP contribution in [0.1, 0.15) is 43.6 Å². The lowest BCUT2D eigenvalue weighted by atomic mass is 10.1.